The van der Waals surface area contributed by atoms with Gasteiger partial charge < -0.3 is 14.3 Å². The van der Waals surface area contributed by atoms with Crippen LogP contribution in [-0.4, -0.2) is 25.4 Å². The molecule has 0 aliphatic heterocycles. The number of oxazole rings is 1. The van der Waals surface area contributed by atoms with Gasteiger partial charge in [0.15, 0.2) is 5.13 Å². The summed E-state index contributed by atoms with van der Waals surface area (Å²) in [6.07, 6.45) is 10.5. The van der Waals surface area contributed by atoms with Crippen LogP contribution in [0.2, 0.25) is 0 Å². The summed E-state index contributed by atoms with van der Waals surface area (Å²) in [6.45, 7) is 8.29. The molecule has 8 heteroatoms. The van der Waals surface area contributed by atoms with Crippen LogP contribution in [0, 0.1) is 6.92 Å². The lowest BCUT2D eigenvalue weighted by Crippen LogP contribution is -2.18. The predicted molar refractivity (Wildman–Crippen MR) is 102 cm³/mol. The van der Waals surface area contributed by atoms with Crippen molar-refractivity contribution in [3.05, 3.63) is 47.1 Å². The molecule has 136 valence electrons. The minimum Gasteiger partial charge on any atom is -0.441 e. The minimum atomic E-state index is -0.140. The Kier molecular flexibility index (Phi) is 5.03. The van der Waals surface area contributed by atoms with Gasteiger partial charge in [-0.3, -0.25) is 4.79 Å². The maximum atomic E-state index is 12.1. The van der Waals surface area contributed by atoms with E-state index < -0.39 is 0 Å². The number of anilines is 1. The van der Waals surface area contributed by atoms with Gasteiger partial charge >= 0.3 is 0 Å². The van der Waals surface area contributed by atoms with Crippen molar-refractivity contribution < 1.29 is 9.21 Å². The molecule has 0 saturated carbocycles. The number of hydrogen-bond acceptors (Lipinski definition) is 6. The Morgan fingerprint density at radius 1 is 1.27 bits per heavy atom. The van der Waals surface area contributed by atoms with E-state index in [1.165, 1.54) is 11.3 Å². The highest BCUT2D eigenvalue weighted by atomic mass is 32.1. The number of amides is 1. The molecule has 0 radical (unpaired) electrons. The lowest BCUT2D eigenvalue weighted by Gasteiger charge is -2.12. The third-order valence-electron chi connectivity index (χ3n) is 3.66. The third-order valence-corrected chi connectivity index (χ3v) is 4.54. The second-order valence-corrected chi connectivity index (χ2v) is 7.93. The van der Waals surface area contributed by atoms with Gasteiger partial charge in [0.1, 0.15) is 18.1 Å². The fourth-order valence-corrected chi connectivity index (χ4v) is 2.91. The highest BCUT2D eigenvalue weighted by Gasteiger charge is 2.18. The molecule has 0 spiro atoms. The summed E-state index contributed by atoms with van der Waals surface area (Å²) in [5.41, 5.74) is -0.0748. The normalized spacial score (nSPS) is 12.0. The molecule has 1 N–H and O–H groups in total. The summed E-state index contributed by atoms with van der Waals surface area (Å²) in [4.78, 5) is 25.6. The van der Waals surface area contributed by atoms with Crippen molar-refractivity contribution in [2.75, 3.05) is 5.32 Å². The van der Waals surface area contributed by atoms with Crippen LogP contribution < -0.4 is 5.32 Å². The first-order chi connectivity index (χ1) is 12.3. The van der Waals surface area contributed by atoms with Crippen molar-refractivity contribution in [3.8, 4) is 0 Å². The highest BCUT2D eigenvalue weighted by Crippen LogP contribution is 2.24. The van der Waals surface area contributed by atoms with Crippen LogP contribution in [0.1, 0.15) is 43.1 Å². The number of hydrogen-bond donors (Lipinski definition) is 1. The highest BCUT2D eigenvalue weighted by molar-refractivity contribution is 7.16. The Labute approximate surface area is 155 Å². The van der Waals surface area contributed by atoms with E-state index in [9.17, 15) is 4.79 Å². The molecule has 0 atom stereocenters. The smallest absolute Gasteiger partial charge is 0.246 e. The first-order valence-corrected chi connectivity index (χ1v) is 9.01. The van der Waals surface area contributed by atoms with Crippen LogP contribution in [0.15, 0.2) is 29.2 Å². The number of nitrogens with zero attached hydrogens (tertiary/aromatic N) is 4. The number of carbonyl (C=O) groups is 1. The van der Waals surface area contributed by atoms with E-state index in [2.05, 4.69) is 41.0 Å². The molecule has 0 fully saturated rings. The number of nitrogens with one attached hydrogen (secondary N) is 1. The summed E-state index contributed by atoms with van der Waals surface area (Å²) in [7, 11) is 0. The quantitative estimate of drug-likeness (QED) is 0.738. The molecular weight excluding hydrogens is 350 g/mol. The predicted octanol–water partition coefficient (Wildman–Crippen LogP) is 3.74. The van der Waals surface area contributed by atoms with E-state index in [0.29, 0.717) is 11.0 Å². The van der Waals surface area contributed by atoms with Crippen molar-refractivity contribution in [1.29, 1.82) is 0 Å². The van der Waals surface area contributed by atoms with Crippen LogP contribution >= 0.6 is 11.3 Å². The summed E-state index contributed by atoms with van der Waals surface area (Å²) >= 11 is 1.39. The fourth-order valence-electron chi connectivity index (χ4n) is 2.17. The fraction of sp³-hybridized carbons (Fsp3) is 0.333. The topological polar surface area (TPSA) is 85.8 Å². The van der Waals surface area contributed by atoms with Crippen LogP contribution in [0.4, 0.5) is 5.13 Å². The maximum Gasteiger partial charge on any atom is 0.246 e. The average Bonchev–Trinajstić information content (AvgIpc) is 3.27. The maximum absolute atomic E-state index is 12.1. The van der Waals surface area contributed by atoms with Crippen molar-refractivity contribution in [1.82, 2.24) is 19.5 Å². The SMILES string of the molecule is Cc1nccn1CC(=O)Nc1ncc(/C=C/c2ncc(C(C)(C)C)o2)s1. The number of rotatable bonds is 5. The van der Waals surface area contributed by atoms with E-state index in [-0.39, 0.29) is 17.9 Å². The van der Waals surface area contributed by atoms with Crippen LogP contribution in [0.3, 0.4) is 0 Å². The van der Waals surface area contributed by atoms with Gasteiger partial charge in [-0.2, -0.15) is 0 Å². The Balaban J connectivity index is 1.60. The van der Waals surface area contributed by atoms with Crippen molar-refractivity contribution >= 4 is 34.5 Å². The number of aryl methyl sites for hydroxylation is 1. The van der Waals surface area contributed by atoms with Gasteiger partial charge in [-0.05, 0) is 13.0 Å². The lowest BCUT2D eigenvalue weighted by molar-refractivity contribution is -0.116. The van der Waals surface area contributed by atoms with Crippen molar-refractivity contribution in [2.45, 2.75) is 39.7 Å². The van der Waals surface area contributed by atoms with Gasteiger partial charge in [0.2, 0.25) is 11.8 Å². The largest absolute Gasteiger partial charge is 0.441 e. The molecule has 3 rings (SSSR count). The molecule has 3 aromatic heterocycles. The Morgan fingerprint density at radius 2 is 2.08 bits per heavy atom. The molecule has 0 aromatic carbocycles. The Bertz CT molecular complexity index is 929. The van der Waals surface area contributed by atoms with Crippen LogP contribution in [0.25, 0.3) is 12.2 Å². The Morgan fingerprint density at radius 3 is 2.73 bits per heavy atom. The Hall–Kier alpha value is -2.74. The van der Waals surface area contributed by atoms with Crippen LogP contribution in [-0.2, 0) is 16.8 Å². The summed E-state index contributed by atoms with van der Waals surface area (Å²) < 4.78 is 7.50. The zero-order valence-corrected chi connectivity index (χ0v) is 16.0. The van der Waals surface area contributed by atoms with Gasteiger partial charge in [0, 0.05) is 35.0 Å². The minimum absolute atomic E-state index is 0.0748. The van der Waals surface area contributed by atoms with E-state index >= 15 is 0 Å². The zero-order valence-electron chi connectivity index (χ0n) is 15.2. The molecule has 0 saturated heterocycles. The summed E-state index contributed by atoms with van der Waals surface area (Å²) in [5, 5.41) is 3.35. The molecule has 3 heterocycles. The van der Waals surface area contributed by atoms with E-state index in [0.717, 1.165) is 16.5 Å². The van der Waals surface area contributed by atoms with Crippen molar-refractivity contribution in [3.63, 3.8) is 0 Å². The van der Waals surface area contributed by atoms with E-state index in [1.54, 1.807) is 35.4 Å². The van der Waals surface area contributed by atoms with Gasteiger partial charge in [0.05, 0.1) is 6.20 Å². The lowest BCUT2D eigenvalue weighted by atomic mass is 9.94. The van der Waals surface area contributed by atoms with E-state index in [1.807, 2.05) is 13.0 Å². The second kappa shape index (κ2) is 7.25. The van der Waals surface area contributed by atoms with Gasteiger partial charge in [-0.15, -0.1) is 0 Å². The standard InChI is InChI=1S/C18H21N5O2S/c1-12-19-7-8-23(12)11-15(24)22-17-21-9-13(26-17)5-6-16-20-10-14(25-16)18(2,3)4/h5-10H,11H2,1-4H3,(H,21,22,24)/b6-5+. The molecule has 1 amide bonds. The molecule has 0 bridgehead atoms. The summed E-state index contributed by atoms with van der Waals surface area (Å²) in [5.74, 6) is 2.04. The van der Waals surface area contributed by atoms with Crippen LogP contribution in [0.5, 0.6) is 0 Å². The average molecular weight is 371 g/mol. The van der Waals surface area contributed by atoms with Gasteiger partial charge in [-0.25, -0.2) is 15.0 Å². The number of imidazole rings is 1. The van der Waals surface area contributed by atoms with Gasteiger partial charge in [0.25, 0.3) is 0 Å². The first-order valence-electron chi connectivity index (χ1n) is 8.19. The van der Waals surface area contributed by atoms with Gasteiger partial charge in [-0.1, -0.05) is 32.1 Å². The zero-order chi connectivity index (χ0) is 18.7. The second-order valence-electron chi connectivity index (χ2n) is 6.86. The molecule has 0 aliphatic carbocycles. The molecule has 3 aromatic rings. The summed E-state index contributed by atoms with van der Waals surface area (Å²) in [6, 6.07) is 0. The number of aromatic nitrogens is 4. The van der Waals surface area contributed by atoms with Crippen molar-refractivity contribution in [2.24, 2.45) is 0 Å². The molecule has 26 heavy (non-hydrogen) atoms. The number of thiazole rings is 1. The first kappa shape index (κ1) is 18.1. The monoisotopic (exact) mass is 371 g/mol. The molecule has 0 unspecified atom stereocenters. The molecular formula is C18H21N5O2S. The third kappa shape index (κ3) is 4.45. The van der Waals surface area contributed by atoms with E-state index in [4.69, 9.17) is 4.42 Å². The number of carbonyl (C=O) groups excluding carboxylic acids is 1. The molecule has 7 nitrogen and oxygen atoms in total. The molecule has 0 aliphatic rings.